The summed E-state index contributed by atoms with van der Waals surface area (Å²) in [7, 11) is 1.99. The summed E-state index contributed by atoms with van der Waals surface area (Å²) in [6.45, 7) is 16.5. The molecule has 0 spiro atoms. The maximum Gasteiger partial charge on any atom is 0.238 e. The van der Waals surface area contributed by atoms with Gasteiger partial charge in [-0.2, -0.15) is 0 Å². The number of nitrogens with one attached hydrogen (secondary N) is 1. The minimum absolute atomic E-state index is 0.0359. The van der Waals surface area contributed by atoms with Crippen LogP contribution in [0.3, 0.4) is 0 Å². The zero-order valence-corrected chi connectivity index (χ0v) is 19.5. The number of hydrogen-bond donors (Lipinski definition) is 1. The van der Waals surface area contributed by atoms with Crippen molar-refractivity contribution < 1.29 is 4.79 Å². The molecule has 0 aromatic heterocycles. The Hall–Kier alpha value is -2.13. The molecule has 158 valence electrons. The Bertz CT molecular complexity index is 787. The molecule has 0 aliphatic rings. The molecule has 0 saturated heterocycles. The lowest BCUT2D eigenvalue weighted by Crippen LogP contribution is -2.30. The van der Waals surface area contributed by atoms with Gasteiger partial charge in [0, 0.05) is 12.2 Å². The standard InChI is InChI=1S/C26H38N2O/c1-18(2)22-10-9-11-23(19(3)4)25(22)27-24(29)17-28(8)16-20-12-14-21(15-13-20)26(5,6)7/h9-15,18-19H,16-17H2,1-8H3,(H,27,29). The topological polar surface area (TPSA) is 32.3 Å². The molecule has 0 atom stereocenters. The van der Waals surface area contributed by atoms with Crippen LogP contribution in [-0.4, -0.2) is 24.4 Å². The first-order chi connectivity index (χ1) is 13.5. The molecule has 0 aliphatic heterocycles. The average Bonchev–Trinajstić information content (AvgIpc) is 2.60. The van der Waals surface area contributed by atoms with Crippen molar-refractivity contribution in [3.8, 4) is 0 Å². The number of benzene rings is 2. The Morgan fingerprint density at radius 1 is 0.931 bits per heavy atom. The van der Waals surface area contributed by atoms with Crippen molar-refractivity contribution in [2.45, 2.75) is 72.3 Å². The number of rotatable bonds is 7. The van der Waals surface area contributed by atoms with E-state index in [1.54, 1.807) is 0 Å². The molecule has 0 heterocycles. The summed E-state index contributed by atoms with van der Waals surface area (Å²) >= 11 is 0. The molecule has 0 unspecified atom stereocenters. The highest BCUT2D eigenvalue weighted by atomic mass is 16.2. The van der Waals surface area contributed by atoms with Crippen LogP contribution in [0.15, 0.2) is 42.5 Å². The van der Waals surface area contributed by atoms with Gasteiger partial charge in [0.05, 0.1) is 6.54 Å². The van der Waals surface area contributed by atoms with Gasteiger partial charge in [-0.3, -0.25) is 9.69 Å². The number of likely N-dealkylation sites (N-methyl/N-ethyl adjacent to an activating group) is 1. The lowest BCUT2D eigenvalue weighted by molar-refractivity contribution is -0.117. The van der Waals surface area contributed by atoms with Crippen LogP contribution in [-0.2, 0) is 16.8 Å². The third-order valence-electron chi connectivity index (χ3n) is 5.32. The fourth-order valence-electron chi connectivity index (χ4n) is 3.60. The van der Waals surface area contributed by atoms with Crippen molar-refractivity contribution in [1.29, 1.82) is 0 Å². The van der Waals surface area contributed by atoms with Gasteiger partial charge in [0.2, 0.25) is 5.91 Å². The Morgan fingerprint density at radius 2 is 1.45 bits per heavy atom. The molecule has 0 saturated carbocycles. The SMILES string of the molecule is CC(C)c1cccc(C(C)C)c1NC(=O)CN(C)Cc1ccc(C(C)(C)C)cc1. The second-order valence-corrected chi connectivity index (χ2v) is 9.79. The Labute approximate surface area is 177 Å². The van der Waals surface area contributed by atoms with Crippen LogP contribution in [0.1, 0.15) is 82.6 Å². The van der Waals surface area contributed by atoms with E-state index in [4.69, 9.17) is 0 Å². The largest absolute Gasteiger partial charge is 0.324 e. The van der Waals surface area contributed by atoms with Gasteiger partial charge in [-0.15, -0.1) is 0 Å². The summed E-state index contributed by atoms with van der Waals surface area (Å²) in [5.74, 6) is 0.764. The number of amides is 1. The number of hydrogen-bond acceptors (Lipinski definition) is 2. The van der Waals surface area contributed by atoms with Crippen molar-refractivity contribution in [1.82, 2.24) is 4.90 Å². The maximum atomic E-state index is 12.8. The molecule has 2 rings (SSSR count). The lowest BCUT2D eigenvalue weighted by Gasteiger charge is -2.22. The molecule has 29 heavy (non-hydrogen) atoms. The molecule has 3 nitrogen and oxygen atoms in total. The van der Waals surface area contributed by atoms with E-state index in [0.29, 0.717) is 18.4 Å². The summed E-state index contributed by atoms with van der Waals surface area (Å²) in [5.41, 5.74) is 6.09. The fraction of sp³-hybridized carbons (Fsp3) is 0.500. The van der Waals surface area contributed by atoms with Crippen molar-refractivity contribution in [3.63, 3.8) is 0 Å². The monoisotopic (exact) mass is 394 g/mol. The second-order valence-electron chi connectivity index (χ2n) is 9.79. The number of carbonyl (C=O) groups is 1. The number of carbonyl (C=O) groups excluding carboxylic acids is 1. The van der Waals surface area contributed by atoms with E-state index in [2.05, 4.69) is 101 Å². The number of nitrogens with zero attached hydrogens (tertiary/aromatic N) is 1. The summed E-state index contributed by atoms with van der Waals surface area (Å²) in [5, 5.41) is 3.21. The number of anilines is 1. The van der Waals surface area contributed by atoms with Crippen LogP contribution in [0.25, 0.3) is 0 Å². The Kier molecular flexibility index (Phi) is 7.65. The van der Waals surface area contributed by atoms with Crippen molar-refractivity contribution in [3.05, 3.63) is 64.7 Å². The predicted molar refractivity (Wildman–Crippen MR) is 125 cm³/mol. The first-order valence-electron chi connectivity index (χ1n) is 10.7. The first-order valence-corrected chi connectivity index (χ1v) is 10.7. The summed E-state index contributed by atoms with van der Waals surface area (Å²) in [4.78, 5) is 14.9. The molecule has 2 aromatic carbocycles. The fourth-order valence-corrected chi connectivity index (χ4v) is 3.60. The van der Waals surface area contributed by atoms with E-state index in [0.717, 1.165) is 12.2 Å². The molecular formula is C26H38N2O. The average molecular weight is 395 g/mol. The quantitative estimate of drug-likeness (QED) is 0.597. The first kappa shape index (κ1) is 23.2. The van der Waals surface area contributed by atoms with Gasteiger partial charge in [-0.05, 0) is 46.6 Å². The summed E-state index contributed by atoms with van der Waals surface area (Å²) in [6.07, 6.45) is 0. The smallest absolute Gasteiger partial charge is 0.238 e. The molecule has 0 aliphatic carbocycles. The summed E-state index contributed by atoms with van der Waals surface area (Å²) < 4.78 is 0. The zero-order valence-electron chi connectivity index (χ0n) is 19.5. The third-order valence-corrected chi connectivity index (χ3v) is 5.32. The molecule has 3 heteroatoms. The molecule has 0 radical (unpaired) electrons. The molecule has 0 fully saturated rings. The normalized spacial score (nSPS) is 12.1. The highest BCUT2D eigenvalue weighted by molar-refractivity contribution is 5.94. The number of para-hydroxylation sites is 1. The van der Waals surface area contributed by atoms with Crippen LogP contribution in [0.5, 0.6) is 0 Å². The Balaban J connectivity index is 2.06. The molecular weight excluding hydrogens is 356 g/mol. The molecule has 0 bridgehead atoms. The molecule has 1 amide bonds. The van der Waals surface area contributed by atoms with Gasteiger partial charge in [-0.25, -0.2) is 0 Å². The van der Waals surface area contributed by atoms with Gasteiger partial charge in [0.15, 0.2) is 0 Å². The highest BCUT2D eigenvalue weighted by Crippen LogP contribution is 2.32. The predicted octanol–water partition coefficient (Wildman–Crippen LogP) is 6.30. The lowest BCUT2D eigenvalue weighted by atomic mass is 9.87. The Morgan fingerprint density at radius 3 is 1.90 bits per heavy atom. The van der Waals surface area contributed by atoms with Crippen molar-refractivity contribution >= 4 is 11.6 Å². The van der Waals surface area contributed by atoms with Crippen LogP contribution in [0.4, 0.5) is 5.69 Å². The van der Waals surface area contributed by atoms with E-state index in [-0.39, 0.29) is 11.3 Å². The zero-order chi connectivity index (χ0) is 21.8. The van der Waals surface area contributed by atoms with Crippen molar-refractivity contribution in [2.75, 3.05) is 18.9 Å². The van der Waals surface area contributed by atoms with Gasteiger partial charge < -0.3 is 5.32 Å². The van der Waals surface area contributed by atoms with Crippen LogP contribution < -0.4 is 5.32 Å². The van der Waals surface area contributed by atoms with E-state index in [1.807, 2.05) is 7.05 Å². The van der Waals surface area contributed by atoms with Crippen LogP contribution in [0.2, 0.25) is 0 Å². The van der Waals surface area contributed by atoms with Gasteiger partial charge in [0.1, 0.15) is 0 Å². The minimum Gasteiger partial charge on any atom is -0.324 e. The minimum atomic E-state index is 0.0359. The molecule has 2 aromatic rings. The van der Waals surface area contributed by atoms with Crippen LogP contribution in [0, 0.1) is 0 Å². The maximum absolute atomic E-state index is 12.8. The van der Waals surface area contributed by atoms with E-state index in [1.165, 1.54) is 22.3 Å². The van der Waals surface area contributed by atoms with Gasteiger partial charge in [0.25, 0.3) is 0 Å². The highest BCUT2D eigenvalue weighted by Gasteiger charge is 2.17. The molecule has 1 N–H and O–H groups in total. The summed E-state index contributed by atoms with van der Waals surface area (Å²) in [6, 6.07) is 15.0. The van der Waals surface area contributed by atoms with Crippen LogP contribution >= 0.6 is 0 Å². The van der Waals surface area contributed by atoms with Gasteiger partial charge >= 0.3 is 0 Å². The van der Waals surface area contributed by atoms with E-state index < -0.39 is 0 Å². The van der Waals surface area contributed by atoms with E-state index in [9.17, 15) is 4.79 Å². The van der Waals surface area contributed by atoms with E-state index >= 15 is 0 Å². The third kappa shape index (κ3) is 6.43. The second kappa shape index (κ2) is 9.58. The van der Waals surface area contributed by atoms with Crippen molar-refractivity contribution in [2.24, 2.45) is 0 Å². The van der Waals surface area contributed by atoms with Gasteiger partial charge in [-0.1, -0.05) is 90.9 Å².